The van der Waals surface area contributed by atoms with Crippen LogP contribution in [0.25, 0.3) is 0 Å². The number of fused-ring (bicyclic) bond motifs is 2. The van der Waals surface area contributed by atoms with E-state index in [4.69, 9.17) is 8.85 Å². The zero-order chi connectivity index (χ0) is 25.1. The van der Waals surface area contributed by atoms with Crippen LogP contribution < -0.4 is 8.85 Å². The Balaban J connectivity index is 2.36. The Labute approximate surface area is 205 Å². The van der Waals surface area contributed by atoms with E-state index in [1.165, 1.54) is 33.4 Å². The van der Waals surface area contributed by atoms with Crippen LogP contribution in [0.3, 0.4) is 0 Å². The third-order valence-corrected chi connectivity index (χ3v) is 7.54. The minimum absolute atomic E-state index is 0.0145. The van der Waals surface area contributed by atoms with Crippen LogP contribution >= 0.6 is 0 Å². The van der Waals surface area contributed by atoms with Crippen LogP contribution in [0, 0.1) is 0 Å². The molecule has 0 atom stereocenters. The van der Waals surface area contributed by atoms with Gasteiger partial charge in [0, 0.05) is 13.0 Å². The normalized spacial score (nSPS) is 15.7. The Morgan fingerprint density at radius 2 is 0.879 bits per heavy atom. The highest BCUT2D eigenvalue weighted by molar-refractivity contribution is 6.44. The molecule has 0 unspecified atom stereocenters. The van der Waals surface area contributed by atoms with Crippen molar-refractivity contribution in [3.05, 3.63) is 57.6 Å². The molecule has 0 aromatic heterocycles. The van der Waals surface area contributed by atoms with Gasteiger partial charge >= 0.3 is 9.28 Å². The third-order valence-electron chi connectivity index (χ3n) is 6.55. The Kier molecular flexibility index (Phi) is 6.42. The maximum absolute atomic E-state index is 6.66. The van der Waals surface area contributed by atoms with Gasteiger partial charge in [-0.15, -0.1) is 0 Å². The predicted molar refractivity (Wildman–Crippen MR) is 143 cm³/mol. The first-order valence-electron chi connectivity index (χ1n) is 12.3. The molecule has 0 saturated carbocycles. The van der Waals surface area contributed by atoms with Gasteiger partial charge < -0.3 is 8.85 Å². The Bertz CT molecular complexity index is 954. The summed E-state index contributed by atoms with van der Waals surface area (Å²) < 4.78 is 13.3. The van der Waals surface area contributed by atoms with Crippen molar-refractivity contribution in [3.8, 4) is 11.5 Å². The highest BCUT2D eigenvalue weighted by Gasteiger charge is 2.33. The molecule has 1 aliphatic rings. The quantitative estimate of drug-likeness (QED) is 0.364. The van der Waals surface area contributed by atoms with Crippen molar-refractivity contribution in [1.82, 2.24) is 0 Å². The molecule has 0 spiro atoms. The van der Waals surface area contributed by atoms with E-state index >= 15 is 0 Å². The van der Waals surface area contributed by atoms with Gasteiger partial charge in [-0.2, -0.15) is 0 Å². The molecule has 0 N–H and O–H groups in total. The molecular weight excluding hydrogens is 420 g/mol. The second kappa shape index (κ2) is 8.18. The van der Waals surface area contributed by atoms with Gasteiger partial charge in [0.15, 0.2) is 0 Å². The fourth-order valence-corrected chi connectivity index (χ4v) is 5.47. The lowest BCUT2D eigenvalue weighted by atomic mass is 9.76. The predicted octanol–water partition coefficient (Wildman–Crippen LogP) is 8.36. The fourth-order valence-electron chi connectivity index (χ4n) is 4.38. The molecule has 3 rings (SSSR count). The molecule has 1 heterocycles. The smallest absolute Gasteiger partial charge is 0.510 e. The van der Waals surface area contributed by atoms with E-state index in [0.717, 1.165) is 17.9 Å². The molecule has 181 valence electrons. The van der Waals surface area contributed by atoms with Gasteiger partial charge in [-0.1, -0.05) is 107 Å². The van der Waals surface area contributed by atoms with Gasteiger partial charge in [-0.3, -0.25) is 0 Å². The molecule has 2 aromatic rings. The number of benzene rings is 2. The summed E-state index contributed by atoms with van der Waals surface area (Å²) in [5, 5.41) is 0. The van der Waals surface area contributed by atoms with Crippen LogP contribution in [0.1, 0.15) is 116 Å². The van der Waals surface area contributed by atoms with Crippen molar-refractivity contribution in [3.63, 3.8) is 0 Å². The zero-order valence-electron chi connectivity index (χ0n) is 23.3. The van der Waals surface area contributed by atoms with E-state index in [0.29, 0.717) is 0 Å². The average Bonchev–Trinajstić information content (AvgIpc) is 2.58. The zero-order valence-corrected chi connectivity index (χ0v) is 24.3. The Hall–Kier alpha value is -1.74. The van der Waals surface area contributed by atoms with E-state index in [-0.39, 0.29) is 21.7 Å². The first-order chi connectivity index (χ1) is 14.8. The molecule has 0 bridgehead atoms. The molecular formula is C30H45O2Si. The standard InChI is InChI=1S/C30H45O2Si/c1-27(2,3)21-15-19-14-20-16-22(28(4,5)6)18-24(30(10,11)12)26(20)32-33(13)31-25(19)23(17-21)29(7,8)9/h15-18H,14H2,1-13H3. The third kappa shape index (κ3) is 5.50. The van der Waals surface area contributed by atoms with Gasteiger partial charge in [0.25, 0.3) is 0 Å². The second-order valence-electron chi connectivity index (χ2n) is 13.9. The lowest BCUT2D eigenvalue weighted by molar-refractivity contribution is 0.399. The summed E-state index contributed by atoms with van der Waals surface area (Å²) in [4.78, 5) is 0. The Morgan fingerprint density at radius 3 is 1.15 bits per heavy atom. The highest BCUT2D eigenvalue weighted by atomic mass is 28.3. The topological polar surface area (TPSA) is 18.5 Å². The van der Waals surface area contributed by atoms with Crippen molar-refractivity contribution in [2.24, 2.45) is 0 Å². The van der Waals surface area contributed by atoms with E-state index in [1.54, 1.807) is 0 Å². The van der Waals surface area contributed by atoms with Gasteiger partial charge in [-0.25, -0.2) is 0 Å². The molecule has 3 heteroatoms. The van der Waals surface area contributed by atoms with Crippen LogP contribution in [0.15, 0.2) is 24.3 Å². The average molecular weight is 466 g/mol. The molecule has 0 amide bonds. The van der Waals surface area contributed by atoms with Crippen LogP contribution in [0.2, 0.25) is 6.55 Å². The van der Waals surface area contributed by atoms with Crippen molar-refractivity contribution >= 4 is 9.28 Å². The molecule has 0 fully saturated rings. The van der Waals surface area contributed by atoms with E-state index in [1.807, 2.05) is 0 Å². The van der Waals surface area contributed by atoms with Crippen molar-refractivity contribution in [1.29, 1.82) is 0 Å². The first-order valence-corrected chi connectivity index (χ1v) is 14.1. The molecule has 2 nitrogen and oxygen atoms in total. The SMILES string of the molecule is C[Si]1Oc2c(cc(C(C)(C)C)cc2C(C)(C)C)Cc2cc(C(C)(C)C)cc(C(C)(C)C)c2O1. The first kappa shape index (κ1) is 25.9. The van der Waals surface area contributed by atoms with E-state index < -0.39 is 9.28 Å². The summed E-state index contributed by atoms with van der Waals surface area (Å²) in [7, 11) is -1.53. The van der Waals surface area contributed by atoms with Crippen molar-refractivity contribution in [2.45, 2.75) is 118 Å². The summed E-state index contributed by atoms with van der Waals surface area (Å²) in [6, 6.07) is 9.50. The lowest BCUT2D eigenvalue weighted by Crippen LogP contribution is -2.32. The summed E-state index contributed by atoms with van der Waals surface area (Å²) >= 11 is 0. The molecule has 0 saturated heterocycles. The highest BCUT2D eigenvalue weighted by Crippen LogP contribution is 2.44. The lowest BCUT2D eigenvalue weighted by Gasteiger charge is -2.34. The van der Waals surface area contributed by atoms with Gasteiger partial charge in [0.2, 0.25) is 0 Å². The summed E-state index contributed by atoms with van der Waals surface area (Å²) in [5.41, 5.74) is 7.98. The summed E-state index contributed by atoms with van der Waals surface area (Å²) in [6.45, 7) is 29.6. The van der Waals surface area contributed by atoms with Crippen LogP contribution in [-0.4, -0.2) is 9.28 Å². The van der Waals surface area contributed by atoms with Gasteiger partial charge in [0.1, 0.15) is 11.5 Å². The van der Waals surface area contributed by atoms with Crippen LogP contribution in [-0.2, 0) is 28.1 Å². The minimum atomic E-state index is -1.53. The number of hydrogen-bond acceptors (Lipinski definition) is 2. The minimum Gasteiger partial charge on any atom is -0.510 e. The van der Waals surface area contributed by atoms with Gasteiger partial charge in [-0.05, 0) is 55.0 Å². The van der Waals surface area contributed by atoms with Crippen LogP contribution in [0.4, 0.5) is 0 Å². The largest absolute Gasteiger partial charge is 0.528 e. The number of hydrogen-bond donors (Lipinski definition) is 0. The maximum atomic E-state index is 6.66. The maximum Gasteiger partial charge on any atom is 0.528 e. The Morgan fingerprint density at radius 1 is 0.545 bits per heavy atom. The van der Waals surface area contributed by atoms with E-state index in [9.17, 15) is 0 Å². The van der Waals surface area contributed by atoms with Gasteiger partial charge in [0.05, 0.1) is 0 Å². The monoisotopic (exact) mass is 465 g/mol. The van der Waals surface area contributed by atoms with E-state index in [2.05, 4.69) is 114 Å². The summed E-state index contributed by atoms with van der Waals surface area (Å²) in [6.07, 6.45) is 0.819. The van der Waals surface area contributed by atoms with Crippen molar-refractivity contribution in [2.75, 3.05) is 0 Å². The molecule has 1 aliphatic heterocycles. The fraction of sp³-hybridized carbons (Fsp3) is 0.600. The molecule has 33 heavy (non-hydrogen) atoms. The second-order valence-corrected chi connectivity index (χ2v) is 15.3. The molecule has 0 aliphatic carbocycles. The molecule has 1 radical (unpaired) electrons. The summed E-state index contributed by atoms with van der Waals surface area (Å²) in [5.74, 6) is 2.08. The molecule has 2 aromatic carbocycles. The number of rotatable bonds is 0. The van der Waals surface area contributed by atoms with Crippen LogP contribution in [0.5, 0.6) is 11.5 Å². The van der Waals surface area contributed by atoms with Crippen molar-refractivity contribution < 1.29 is 8.85 Å².